The zero-order valence-corrected chi connectivity index (χ0v) is 17.8. The lowest BCUT2D eigenvalue weighted by Gasteiger charge is -2.37. The minimum absolute atomic E-state index is 0.0384. The molecule has 1 heterocycles. The summed E-state index contributed by atoms with van der Waals surface area (Å²) in [5.74, 6) is -1.27. The molecule has 1 aromatic heterocycles. The van der Waals surface area contributed by atoms with Crippen molar-refractivity contribution in [2.75, 3.05) is 7.11 Å². The van der Waals surface area contributed by atoms with Crippen molar-refractivity contribution in [3.05, 3.63) is 47.7 Å². The molecule has 1 aliphatic carbocycles. The van der Waals surface area contributed by atoms with Crippen LogP contribution in [0.5, 0.6) is 5.88 Å². The number of alkyl halides is 3. The van der Waals surface area contributed by atoms with Crippen molar-refractivity contribution in [3.8, 4) is 17.0 Å². The Morgan fingerprint density at radius 1 is 1.25 bits per heavy atom. The van der Waals surface area contributed by atoms with Crippen LogP contribution in [-0.4, -0.2) is 34.6 Å². The number of hydrogen-bond donors (Lipinski definition) is 2. The topological polar surface area (TPSA) is 88.5 Å². The predicted octanol–water partition coefficient (Wildman–Crippen LogP) is 4.93. The van der Waals surface area contributed by atoms with Gasteiger partial charge in [-0.15, -0.1) is 0 Å². The van der Waals surface area contributed by atoms with Crippen LogP contribution in [0.25, 0.3) is 11.1 Å². The number of aliphatic carboxylic acids is 1. The molecule has 0 unspecified atom stereocenters. The Labute approximate surface area is 183 Å². The zero-order chi connectivity index (χ0) is 23.5. The summed E-state index contributed by atoms with van der Waals surface area (Å²) in [6.07, 6.45) is -0.339. The van der Waals surface area contributed by atoms with E-state index in [-0.39, 0.29) is 22.6 Å². The average Bonchev–Trinajstić information content (AvgIpc) is 2.78. The first kappa shape index (κ1) is 23.6. The van der Waals surface area contributed by atoms with Crippen LogP contribution in [0.1, 0.15) is 54.9 Å². The number of rotatable bonds is 6. The van der Waals surface area contributed by atoms with Crippen LogP contribution in [0.2, 0.25) is 0 Å². The molecule has 0 radical (unpaired) electrons. The third kappa shape index (κ3) is 4.87. The number of benzene rings is 1. The van der Waals surface area contributed by atoms with E-state index in [1.807, 2.05) is 0 Å². The number of carbonyl (C=O) groups excluding carboxylic acids is 1. The van der Waals surface area contributed by atoms with Crippen molar-refractivity contribution in [3.63, 3.8) is 0 Å². The summed E-state index contributed by atoms with van der Waals surface area (Å²) >= 11 is 0. The fourth-order valence-electron chi connectivity index (χ4n) is 4.07. The smallest absolute Gasteiger partial charge is 0.416 e. The monoisotopic (exact) mass is 450 g/mol. The van der Waals surface area contributed by atoms with Gasteiger partial charge in [-0.05, 0) is 55.4 Å². The maximum atomic E-state index is 13.1. The predicted molar refractivity (Wildman–Crippen MR) is 111 cm³/mol. The molecule has 1 amide bonds. The van der Waals surface area contributed by atoms with E-state index >= 15 is 0 Å². The number of carboxylic acid groups (broad SMARTS) is 1. The van der Waals surface area contributed by atoms with Gasteiger partial charge in [-0.3, -0.25) is 4.79 Å². The number of carboxylic acids is 1. The molecule has 1 aliphatic rings. The standard InChI is InChI=1S/C23H25F3N2O4/c1-3-14-7-9-22(10-8-14,21(30)31)28-19(29)16-12-18(20(32-2)27-13-16)15-5-4-6-17(11-15)23(24,25)26/h4-6,11-14H,3,7-10H2,1-2H3,(H,28,29)(H,30,31)/t14-,22-. The molecule has 2 N–H and O–H groups in total. The zero-order valence-electron chi connectivity index (χ0n) is 17.8. The van der Waals surface area contributed by atoms with Crippen molar-refractivity contribution in [2.45, 2.75) is 50.7 Å². The lowest BCUT2D eigenvalue weighted by molar-refractivity contribution is -0.146. The van der Waals surface area contributed by atoms with Crippen molar-refractivity contribution in [2.24, 2.45) is 5.92 Å². The van der Waals surface area contributed by atoms with E-state index in [0.29, 0.717) is 31.6 Å². The first-order valence-corrected chi connectivity index (χ1v) is 10.4. The molecule has 1 fully saturated rings. The molecule has 0 atom stereocenters. The molecular weight excluding hydrogens is 425 g/mol. The highest BCUT2D eigenvalue weighted by atomic mass is 19.4. The van der Waals surface area contributed by atoms with Crippen LogP contribution in [0.4, 0.5) is 13.2 Å². The van der Waals surface area contributed by atoms with E-state index in [1.54, 1.807) is 0 Å². The number of ether oxygens (including phenoxy) is 1. The van der Waals surface area contributed by atoms with Crippen LogP contribution < -0.4 is 10.1 Å². The highest BCUT2D eigenvalue weighted by Crippen LogP contribution is 2.36. The molecule has 1 aromatic carbocycles. The number of aromatic nitrogens is 1. The molecule has 0 bridgehead atoms. The number of nitrogens with zero attached hydrogens (tertiary/aromatic N) is 1. The van der Waals surface area contributed by atoms with Gasteiger partial charge in [0.1, 0.15) is 5.54 Å². The van der Waals surface area contributed by atoms with Crippen molar-refractivity contribution >= 4 is 11.9 Å². The Kier molecular flexibility index (Phi) is 6.76. The molecule has 9 heteroatoms. The minimum Gasteiger partial charge on any atom is -0.481 e. The SMILES string of the molecule is CC[C@H]1CC[C@@](NC(=O)c2cnc(OC)c(-c3cccc(C(F)(F)F)c3)c2)(C(=O)O)CC1. The second-order valence-electron chi connectivity index (χ2n) is 8.05. The Hall–Kier alpha value is -3.10. The summed E-state index contributed by atoms with van der Waals surface area (Å²) in [5.41, 5.74) is -1.81. The van der Waals surface area contributed by atoms with Gasteiger partial charge in [0.2, 0.25) is 5.88 Å². The van der Waals surface area contributed by atoms with E-state index < -0.39 is 29.2 Å². The molecule has 0 spiro atoms. The molecule has 0 aliphatic heterocycles. The first-order chi connectivity index (χ1) is 15.1. The van der Waals surface area contributed by atoms with Gasteiger partial charge in [0.05, 0.1) is 18.2 Å². The summed E-state index contributed by atoms with van der Waals surface area (Å²) < 4.78 is 44.6. The van der Waals surface area contributed by atoms with Crippen LogP contribution in [0.15, 0.2) is 36.5 Å². The quantitative estimate of drug-likeness (QED) is 0.652. The summed E-state index contributed by atoms with van der Waals surface area (Å²) in [7, 11) is 1.32. The lowest BCUT2D eigenvalue weighted by Crippen LogP contribution is -2.56. The van der Waals surface area contributed by atoms with Crippen LogP contribution in [-0.2, 0) is 11.0 Å². The fourth-order valence-corrected chi connectivity index (χ4v) is 4.07. The number of hydrogen-bond acceptors (Lipinski definition) is 4. The number of carbonyl (C=O) groups is 2. The molecule has 32 heavy (non-hydrogen) atoms. The van der Waals surface area contributed by atoms with E-state index in [9.17, 15) is 27.9 Å². The third-order valence-electron chi connectivity index (χ3n) is 6.11. The van der Waals surface area contributed by atoms with Gasteiger partial charge in [0.25, 0.3) is 5.91 Å². The van der Waals surface area contributed by atoms with Crippen LogP contribution in [0, 0.1) is 5.92 Å². The van der Waals surface area contributed by atoms with E-state index in [2.05, 4.69) is 17.2 Å². The number of methoxy groups -OCH3 is 1. The second kappa shape index (κ2) is 9.18. The Morgan fingerprint density at radius 2 is 1.94 bits per heavy atom. The van der Waals surface area contributed by atoms with Gasteiger partial charge in [-0.25, -0.2) is 9.78 Å². The van der Waals surface area contributed by atoms with E-state index in [0.717, 1.165) is 18.6 Å². The maximum Gasteiger partial charge on any atom is 0.416 e. The maximum absolute atomic E-state index is 13.1. The van der Waals surface area contributed by atoms with Gasteiger partial charge in [-0.2, -0.15) is 13.2 Å². The lowest BCUT2D eigenvalue weighted by atomic mass is 9.75. The van der Waals surface area contributed by atoms with Crippen molar-refractivity contribution in [1.82, 2.24) is 10.3 Å². The minimum atomic E-state index is -4.53. The Balaban J connectivity index is 1.93. The Morgan fingerprint density at radius 3 is 2.50 bits per heavy atom. The molecular formula is C23H25F3N2O4. The summed E-state index contributed by atoms with van der Waals surface area (Å²) in [6, 6.07) is 5.98. The Bertz CT molecular complexity index is 999. The van der Waals surface area contributed by atoms with E-state index in [1.165, 1.54) is 31.5 Å². The molecule has 2 aromatic rings. The molecule has 3 rings (SSSR count). The second-order valence-corrected chi connectivity index (χ2v) is 8.05. The number of amides is 1. The van der Waals surface area contributed by atoms with Crippen molar-refractivity contribution in [1.29, 1.82) is 0 Å². The molecule has 0 saturated heterocycles. The number of pyridine rings is 1. The highest BCUT2D eigenvalue weighted by Gasteiger charge is 2.43. The number of halogens is 3. The third-order valence-corrected chi connectivity index (χ3v) is 6.11. The van der Waals surface area contributed by atoms with Gasteiger partial charge >= 0.3 is 12.1 Å². The van der Waals surface area contributed by atoms with Gasteiger partial charge < -0.3 is 15.2 Å². The normalized spacial score (nSPS) is 21.1. The van der Waals surface area contributed by atoms with Gasteiger partial charge in [0.15, 0.2) is 0 Å². The van der Waals surface area contributed by atoms with Crippen LogP contribution in [0.3, 0.4) is 0 Å². The summed E-state index contributed by atoms with van der Waals surface area (Å²) in [5, 5.41) is 12.5. The molecule has 6 nitrogen and oxygen atoms in total. The number of nitrogens with one attached hydrogen (secondary N) is 1. The highest BCUT2D eigenvalue weighted by molar-refractivity contribution is 5.98. The average molecular weight is 450 g/mol. The van der Waals surface area contributed by atoms with Gasteiger partial charge in [0, 0.05) is 11.8 Å². The van der Waals surface area contributed by atoms with E-state index in [4.69, 9.17) is 4.74 Å². The van der Waals surface area contributed by atoms with Gasteiger partial charge in [-0.1, -0.05) is 25.5 Å². The molecule has 1 saturated carbocycles. The summed E-state index contributed by atoms with van der Waals surface area (Å²) in [6.45, 7) is 2.05. The first-order valence-electron chi connectivity index (χ1n) is 10.4. The summed E-state index contributed by atoms with van der Waals surface area (Å²) in [4.78, 5) is 29.0. The van der Waals surface area contributed by atoms with Crippen molar-refractivity contribution < 1.29 is 32.6 Å². The largest absolute Gasteiger partial charge is 0.481 e. The van der Waals surface area contributed by atoms with Crippen LogP contribution >= 0.6 is 0 Å². The fraction of sp³-hybridized carbons (Fsp3) is 0.435. The molecule has 172 valence electrons.